The van der Waals surface area contributed by atoms with Crippen LogP contribution in [-0.2, 0) is 7.05 Å². The molecule has 0 saturated heterocycles. The van der Waals surface area contributed by atoms with Gasteiger partial charge in [0.15, 0.2) is 5.82 Å². The predicted molar refractivity (Wildman–Crippen MR) is 73.3 cm³/mol. The van der Waals surface area contributed by atoms with E-state index in [1.807, 2.05) is 12.1 Å². The largest absolute Gasteiger partial charge is 0.319 e. The lowest BCUT2D eigenvalue weighted by Crippen LogP contribution is -2.13. The standard InChI is InChI=1S/C12H12N8O/c1-7-13-10(16-15-7)12(21)14-9-5-3-4-8(6-9)11-17-18-19-20(11)2/h3-6H,1-2H3,(H,14,21)(H,13,15,16). The van der Waals surface area contributed by atoms with Crippen molar-refractivity contribution < 1.29 is 4.79 Å². The Balaban J connectivity index is 1.84. The van der Waals surface area contributed by atoms with Crippen molar-refractivity contribution in [1.29, 1.82) is 0 Å². The quantitative estimate of drug-likeness (QED) is 0.726. The molecule has 9 nitrogen and oxygen atoms in total. The molecular formula is C12H12N8O. The Labute approximate surface area is 119 Å². The van der Waals surface area contributed by atoms with Crippen LogP contribution in [0, 0.1) is 6.92 Å². The third kappa shape index (κ3) is 2.61. The van der Waals surface area contributed by atoms with E-state index in [0.717, 1.165) is 5.56 Å². The van der Waals surface area contributed by atoms with Crippen LogP contribution in [0.15, 0.2) is 24.3 Å². The van der Waals surface area contributed by atoms with E-state index in [1.54, 1.807) is 30.8 Å². The van der Waals surface area contributed by atoms with Crippen molar-refractivity contribution in [2.45, 2.75) is 6.92 Å². The summed E-state index contributed by atoms with van der Waals surface area (Å²) in [5.41, 5.74) is 1.41. The summed E-state index contributed by atoms with van der Waals surface area (Å²) in [5.74, 6) is 0.907. The first kappa shape index (κ1) is 12.9. The number of H-pyrrole nitrogens is 1. The molecular weight excluding hydrogens is 272 g/mol. The van der Waals surface area contributed by atoms with E-state index in [-0.39, 0.29) is 11.7 Å². The number of tetrazole rings is 1. The van der Waals surface area contributed by atoms with Gasteiger partial charge in [0.2, 0.25) is 5.82 Å². The molecule has 9 heteroatoms. The Hall–Kier alpha value is -3.10. The maximum absolute atomic E-state index is 12.0. The molecule has 0 bridgehead atoms. The van der Waals surface area contributed by atoms with Gasteiger partial charge < -0.3 is 5.32 Å². The van der Waals surface area contributed by atoms with Gasteiger partial charge in [0, 0.05) is 18.3 Å². The molecule has 3 aromatic rings. The van der Waals surface area contributed by atoms with Crippen molar-refractivity contribution in [3.63, 3.8) is 0 Å². The molecule has 0 fully saturated rings. The Morgan fingerprint density at radius 1 is 1.38 bits per heavy atom. The summed E-state index contributed by atoms with van der Waals surface area (Å²) in [6, 6.07) is 7.22. The van der Waals surface area contributed by atoms with Crippen LogP contribution in [0.4, 0.5) is 5.69 Å². The Kier molecular flexibility index (Phi) is 3.14. The lowest BCUT2D eigenvalue weighted by Gasteiger charge is -2.05. The van der Waals surface area contributed by atoms with E-state index in [2.05, 4.69) is 36.0 Å². The number of benzene rings is 1. The number of hydrogen-bond donors (Lipinski definition) is 2. The number of nitrogens with zero attached hydrogens (tertiary/aromatic N) is 6. The zero-order chi connectivity index (χ0) is 14.8. The van der Waals surface area contributed by atoms with Gasteiger partial charge in [0.25, 0.3) is 5.91 Å². The molecule has 0 aliphatic rings. The zero-order valence-electron chi connectivity index (χ0n) is 11.4. The first-order chi connectivity index (χ1) is 10.1. The fourth-order valence-corrected chi connectivity index (χ4v) is 1.84. The minimum absolute atomic E-state index is 0.0956. The van der Waals surface area contributed by atoms with Gasteiger partial charge >= 0.3 is 0 Å². The van der Waals surface area contributed by atoms with E-state index in [9.17, 15) is 4.79 Å². The van der Waals surface area contributed by atoms with E-state index in [1.165, 1.54) is 0 Å². The van der Waals surface area contributed by atoms with E-state index in [0.29, 0.717) is 17.3 Å². The molecule has 0 aliphatic carbocycles. The topological polar surface area (TPSA) is 114 Å². The number of rotatable bonds is 3. The first-order valence-corrected chi connectivity index (χ1v) is 6.16. The maximum Gasteiger partial charge on any atom is 0.295 e. The van der Waals surface area contributed by atoms with Crippen molar-refractivity contribution in [1.82, 2.24) is 35.4 Å². The molecule has 2 N–H and O–H groups in total. The second-order valence-electron chi connectivity index (χ2n) is 4.41. The molecule has 2 aromatic heterocycles. The van der Waals surface area contributed by atoms with E-state index >= 15 is 0 Å². The number of hydrogen-bond acceptors (Lipinski definition) is 6. The Morgan fingerprint density at radius 2 is 2.24 bits per heavy atom. The summed E-state index contributed by atoms with van der Waals surface area (Å²) in [7, 11) is 1.75. The SMILES string of the molecule is Cc1nc(C(=O)Nc2cccc(-c3nnnn3C)c2)n[nH]1. The molecule has 3 rings (SSSR count). The number of nitrogens with one attached hydrogen (secondary N) is 2. The molecule has 1 aromatic carbocycles. The first-order valence-electron chi connectivity index (χ1n) is 6.16. The molecule has 0 radical (unpaired) electrons. The smallest absolute Gasteiger partial charge is 0.295 e. The molecule has 0 spiro atoms. The van der Waals surface area contributed by atoms with Crippen LogP contribution >= 0.6 is 0 Å². The van der Waals surface area contributed by atoms with Crippen molar-refractivity contribution in [3.05, 3.63) is 35.9 Å². The number of aromatic amines is 1. The summed E-state index contributed by atoms with van der Waals surface area (Å²) < 4.78 is 1.56. The van der Waals surface area contributed by atoms with Crippen LogP contribution in [0.3, 0.4) is 0 Å². The van der Waals surface area contributed by atoms with Gasteiger partial charge in [-0.2, -0.15) is 0 Å². The van der Waals surface area contributed by atoms with Crippen molar-refractivity contribution >= 4 is 11.6 Å². The molecule has 1 amide bonds. The highest BCUT2D eigenvalue weighted by Gasteiger charge is 2.12. The van der Waals surface area contributed by atoms with Crippen LogP contribution in [0.25, 0.3) is 11.4 Å². The molecule has 0 aliphatic heterocycles. The lowest BCUT2D eigenvalue weighted by molar-refractivity contribution is 0.101. The summed E-state index contributed by atoms with van der Waals surface area (Å²) >= 11 is 0. The molecule has 21 heavy (non-hydrogen) atoms. The van der Waals surface area contributed by atoms with Gasteiger partial charge in [-0.15, -0.1) is 10.2 Å². The van der Waals surface area contributed by atoms with Crippen molar-refractivity contribution in [2.75, 3.05) is 5.32 Å². The summed E-state index contributed by atoms with van der Waals surface area (Å²) in [6.45, 7) is 1.73. The number of carbonyl (C=O) groups excluding carboxylic acids is 1. The average molecular weight is 284 g/mol. The minimum atomic E-state index is -0.382. The van der Waals surface area contributed by atoms with E-state index < -0.39 is 0 Å². The lowest BCUT2D eigenvalue weighted by atomic mass is 10.2. The highest BCUT2D eigenvalue weighted by atomic mass is 16.2. The minimum Gasteiger partial charge on any atom is -0.319 e. The highest BCUT2D eigenvalue weighted by Crippen LogP contribution is 2.19. The summed E-state index contributed by atoms with van der Waals surface area (Å²) in [6.07, 6.45) is 0. The van der Waals surface area contributed by atoms with Crippen LogP contribution in [0.5, 0.6) is 0 Å². The fraction of sp³-hybridized carbons (Fsp3) is 0.167. The number of aryl methyl sites for hydroxylation is 2. The third-order valence-corrected chi connectivity index (χ3v) is 2.80. The second kappa shape index (κ2) is 5.12. The fourth-order valence-electron chi connectivity index (χ4n) is 1.84. The molecule has 2 heterocycles. The van der Waals surface area contributed by atoms with Gasteiger partial charge in [-0.1, -0.05) is 12.1 Å². The van der Waals surface area contributed by atoms with Gasteiger partial charge in [-0.25, -0.2) is 9.67 Å². The molecule has 0 saturated carbocycles. The van der Waals surface area contributed by atoms with E-state index in [4.69, 9.17) is 0 Å². The Morgan fingerprint density at radius 3 is 2.90 bits per heavy atom. The normalized spacial score (nSPS) is 10.6. The number of amides is 1. The molecule has 0 atom stereocenters. The average Bonchev–Trinajstić information content (AvgIpc) is 3.08. The van der Waals surface area contributed by atoms with Crippen LogP contribution < -0.4 is 5.32 Å². The number of aromatic nitrogens is 7. The summed E-state index contributed by atoms with van der Waals surface area (Å²) in [4.78, 5) is 16.0. The maximum atomic E-state index is 12.0. The van der Waals surface area contributed by atoms with Crippen molar-refractivity contribution in [2.24, 2.45) is 7.05 Å². The summed E-state index contributed by atoms with van der Waals surface area (Å²) in [5, 5.41) is 20.5. The van der Waals surface area contributed by atoms with Crippen LogP contribution in [0.1, 0.15) is 16.4 Å². The van der Waals surface area contributed by atoms with Gasteiger partial charge in [0.05, 0.1) is 0 Å². The van der Waals surface area contributed by atoms with Gasteiger partial charge in [-0.3, -0.25) is 9.89 Å². The monoisotopic (exact) mass is 284 g/mol. The number of carbonyl (C=O) groups is 1. The van der Waals surface area contributed by atoms with Crippen LogP contribution in [-0.4, -0.2) is 41.3 Å². The van der Waals surface area contributed by atoms with Crippen LogP contribution in [0.2, 0.25) is 0 Å². The molecule has 0 unspecified atom stereocenters. The zero-order valence-corrected chi connectivity index (χ0v) is 11.4. The molecule has 106 valence electrons. The highest BCUT2D eigenvalue weighted by molar-refractivity contribution is 6.01. The van der Waals surface area contributed by atoms with Gasteiger partial charge in [0.1, 0.15) is 5.82 Å². The predicted octanol–water partition coefficient (Wildman–Crippen LogP) is 0.556. The van der Waals surface area contributed by atoms with Gasteiger partial charge in [-0.05, 0) is 29.5 Å². The number of anilines is 1. The second-order valence-corrected chi connectivity index (χ2v) is 4.41. The van der Waals surface area contributed by atoms with Crippen molar-refractivity contribution in [3.8, 4) is 11.4 Å². The third-order valence-electron chi connectivity index (χ3n) is 2.80. The Bertz CT molecular complexity index is 790.